The van der Waals surface area contributed by atoms with Gasteiger partial charge in [0, 0.05) is 6.42 Å². The van der Waals surface area contributed by atoms with Crippen molar-refractivity contribution in [1.82, 2.24) is 4.90 Å². The average Bonchev–Trinajstić information content (AvgIpc) is 2.84. The van der Waals surface area contributed by atoms with Crippen LogP contribution in [0.25, 0.3) is 0 Å². The minimum Gasteiger partial charge on any atom is -0.477 e. The molecule has 1 saturated heterocycles. The van der Waals surface area contributed by atoms with E-state index in [1.165, 1.54) is 12.1 Å². The summed E-state index contributed by atoms with van der Waals surface area (Å²) < 4.78 is 10.4. The zero-order valence-electron chi connectivity index (χ0n) is 14.3. The van der Waals surface area contributed by atoms with Crippen molar-refractivity contribution in [2.75, 3.05) is 6.54 Å². The number of esters is 1. The molecule has 0 aliphatic carbocycles. The molecule has 0 saturated carbocycles. The zero-order valence-corrected chi connectivity index (χ0v) is 14.3. The minimum atomic E-state index is -2.32. The first-order valence-electron chi connectivity index (χ1n) is 7.75. The molecule has 2 atom stereocenters. The standard InChI is InChI=1S/C17H21NO7/c1-16(2,3)25-15(23)18-10-12(19)9-17(18,14(21)22)24-13(20)11-7-5-4-6-8-11/h4-8,12,19H,9-10H2,1-3H3,(H,21,22)/t12-,17-/m1/s1. The van der Waals surface area contributed by atoms with Gasteiger partial charge in [-0.3, -0.25) is 4.90 Å². The summed E-state index contributed by atoms with van der Waals surface area (Å²) in [6.45, 7) is 4.55. The third kappa shape index (κ3) is 4.08. The SMILES string of the molecule is CC(C)(C)OC(=O)N1C[C@H](O)C[C@@]1(OC(=O)c1ccccc1)C(=O)O. The van der Waals surface area contributed by atoms with Gasteiger partial charge in [0.15, 0.2) is 0 Å². The van der Waals surface area contributed by atoms with Crippen LogP contribution in [0.2, 0.25) is 0 Å². The zero-order chi connectivity index (χ0) is 18.8. The van der Waals surface area contributed by atoms with Crippen LogP contribution >= 0.6 is 0 Å². The van der Waals surface area contributed by atoms with Gasteiger partial charge < -0.3 is 19.7 Å². The summed E-state index contributed by atoms with van der Waals surface area (Å²) in [5.74, 6) is -2.47. The fourth-order valence-corrected chi connectivity index (χ4v) is 2.52. The third-order valence-corrected chi connectivity index (χ3v) is 3.56. The Kier molecular flexibility index (Phi) is 5.03. The molecular formula is C17H21NO7. The van der Waals surface area contributed by atoms with E-state index >= 15 is 0 Å². The second kappa shape index (κ2) is 6.72. The molecule has 0 bridgehead atoms. The summed E-state index contributed by atoms with van der Waals surface area (Å²) in [7, 11) is 0. The number of aliphatic hydroxyl groups is 1. The van der Waals surface area contributed by atoms with Gasteiger partial charge in [-0.15, -0.1) is 0 Å². The predicted octanol–water partition coefficient (Wildman–Crippen LogP) is 1.63. The number of hydrogen-bond acceptors (Lipinski definition) is 6. The number of carboxylic acids is 1. The highest BCUT2D eigenvalue weighted by molar-refractivity contribution is 5.93. The van der Waals surface area contributed by atoms with E-state index in [1.54, 1.807) is 39.0 Å². The summed E-state index contributed by atoms with van der Waals surface area (Å²) in [5, 5.41) is 19.6. The van der Waals surface area contributed by atoms with Crippen molar-refractivity contribution in [3.05, 3.63) is 35.9 Å². The number of aliphatic hydroxyl groups excluding tert-OH is 1. The van der Waals surface area contributed by atoms with Gasteiger partial charge >= 0.3 is 18.0 Å². The maximum Gasteiger partial charge on any atom is 0.413 e. The number of rotatable bonds is 3. The maximum atomic E-state index is 12.4. The number of carbonyl (C=O) groups excluding carboxylic acids is 2. The van der Waals surface area contributed by atoms with Crippen molar-refractivity contribution in [3.63, 3.8) is 0 Å². The average molecular weight is 351 g/mol. The number of carbonyl (C=O) groups is 3. The van der Waals surface area contributed by atoms with Gasteiger partial charge in [-0.05, 0) is 32.9 Å². The van der Waals surface area contributed by atoms with Crippen LogP contribution in [0.1, 0.15) is 37.6 Å². The van der Waals surface area contributed by atoms with Crippen LogP contribution in [0.5, 0.6) is 0 Å². The normalized spacial score (nSPS) is 23.2. The quantitative estimate of drug-likeness (QED) is 0.796. The molecule has 25 heavy (non-hydrogen) atoms. The molecule has 1 aromatic rings. The van der Waals surface area contributed by atoms with Crippen LogP contribution in [0.15, 0.2) is 30.3 Å². The number of amides is 1. The first kappa shape index (κ1) is 18.7. The second-order valence-electron chi connectivity index (χ2n) is 6.79. The Morgan fingerprint density at radius 2 is 1.80 bits per heavy atom. The lowest BCUT2D eigenvalue weighted by molar-refractivity contribution is -0.175. The molecule has 0 spiro atoms. The first-order chi connectivity index (χ1) is 11.5. The van der Waals surface area contributed by atoms with Crippen LogP contribution in [0.4, 0.5) is 4.79 Å². The molecule has 1 fully saturated rings. The number of aliphatic carboxylic acids is 1. The van der Waals surface area contributed by atoms with E-state index in [-0.39, 0.29) is 12.1 Å². The van der Waals surface area contributed by atoms with E-state index < -0.39 is 41.9 Å². The fraction of sp³-hybridized carbons (Fsp3) is 0.471. The topological polar surface area (TPSA) is 113 Å². The van der Waals surface area contributed by atoms with Crippen molar-refractivity contribution in [2.24, 2.45) is 0 Å². The van der Waals surface area contributed by atoms with E-state index in [0.717, 1.165) is 4.90 Å². The Bertz CT molecular complexity index is 667. The number of carboxylic acid groups (broad SMARTS) is 1. The molecule has 1 aromatic carbocycles. The smallest absolute Gasteiger partial charge is 0.413 e. The molecule has 2 rings (SSSR count). The molecule has 1 aliphatic rings. The minimum absolute atomic E-state index is 0.133. The molecule has 0 unspecified atom stereocenters. The lowest BCUT2D eigenvalue weighted by atomic mass is 10.1. The maximum absolute atomic E-state index is 12.4. The molecule has 8 heteroatoms. The Morgan fingerprint density at radius 1 is 1.20 bits per heavy atom. The molecule has 1 heterocycles. The van der Waals surface area contributed by atoms with Crippen molar-refractivity contribution in [3.8, 4) is 0 Å². The number of ether oxygens (including phenoxy) is 2. The van der Waals surface area contributed by atoms with Gasteiger partial charge in [0.05, 0.1) is 18.2 Å². The molecule has 1 amide bonds. The van der Waals surface area contributed by atoms with Gasteiger partial charge in [-0.25, -0.2) is 14.4 Å². The number of nitrogens with zero attached hydrogens (tertiary/aromatic N) is 1. The number of hydrogen-bond donors (Lipinski definition) is 2. The third-order valence-electron chi connectivity index (χ3n) is 3.56. The summed E-state index contributed by atoms with van der Waals surface area (Å²) in [6.07, 6.45) is -2.58. The molecule has 2 N–H and O–H groups in total. The summed E-state index contributed by atoms with van der Waals surface area (Å²) in [4.78, 5) is 37.3. The van der Waals surface area contributed by atoms with Crippen LogP contribution in [-0.4, -0.2) is 57.1 Å². The van der Waals surface area contributed by atoms with E-state index in [4.69, 9.17) is 9.47 Å². The van der Waals surface area contributed by atoms with Gasteiger partial charge in [0.25, 0.3) is 5.72 Å². The number of likely N-dealkylation sites (tertiary alicyclic amines) is 1. The Labute approximate surface area is 144 Å². The summed E-state index contributed by atoms with van der Waals surface area (Å²) >= 11 is 0. The highest BCUT2D eigenvalue weighted by Crippen LogP contribution is 2.33. The summed E-state index contributed by atoms with van der Waals surface area (Å²) in [5.41, 5.74) is -3.07. The van der Waals surface area contributed by atoms with Gasteiger partial charge in [-0.2, -0.15) is 0 Å². The fourth-order valence-electron chi connectivity index (χ4n) is 2.52. The van der Waals surface area contributed by atoms with E-state index in [0.29, 0.717) is 0 Å². The largest absolute Gasteiger partial charge is 0.477 e. The molecule has 0 aromatic heterocycles. The van der Waals surface area contributed by atoms with Crippen LogP contribution in [0.3, 0.4) is 0 Å². The van der Waals surface area contributed by atoms with Crippen LogP contribution in [-0.2, 0) is 14.3 Å². The molecular weight excluding hydrogens is 330 g/mol. The van der Waals surface area contributed by atoms with Gasteiger partial charge in [0.1, 0.15) is 5.60 Å². The van der Waals surface area contributed by atoms with Crippen molar-refractivity contribution >= 4 is 18.0 Å². The second-order valence-corrected chi connectivity index (χ2v) is 6.79. The highest BCUT2D eigenvalue weighted by Gasteiger charge is 2.58. The molecule has 1 aliphatic heterocycles. The summed E-state index contributed by atoms with van der Waals surface area (Å²) in [6, 6.07) is 7.80. The Balaban J connectivity index is 2.33. The van der Waals surface area contributed by atoms with E-state index in [1.807, 2.05) is 0 Å². The van der Waals surface area contributed by atoms with Crippen LogP contribution < -0.4 is 0 Å². The van der Waals surface area contributed by atoms with E-state index in [2.05, 4.69) is 0 Å². The van der Waals surface area contributed by atoms with Gasteiger partial charge in [-0.1, -0.05) is 18.2 Å². The van der Waals surface area contributed by atoms with Gasteiger partial charge in [0.2, 0.25) is 0 Å². The van der Waals surface area contributed by atoms with E-state index in [9.17, 15) is 24.6 Å². The molecule has 136 valence electrons. The monoisotopic (exact) mass is 351 g/mol. The van der Waals surface area contributed by atoms with Crippen LogP contribution in [0, 0.1) is 0 Å². The van der Waals surface area contributed by atoms with Crippen molar-refractivity contribution in [1.29, 1.82) is 0 Å². The Morgan fingerprint density at radius 3 is 2.32 bits per heavy atom. The lowest BCUT2D eigenvalue weighted by Gasteiger charge is -2.34. The lowest BCUT2D eigenvalue weighted by Crippen LogP contribution is -2.56. The molecule has 0 radical (unpaired) electrons. The molecule has 8 nitrogen and oxygen atoms in total. The first-order valence-corrected chi connectivity index (χ1v) is 7.75. The van der Waals surface area contributed by atoms with Crippen molar-refractivity contribution in [2.45, 2.75) is 44.6 Å². The highest BCUT2D eigenvalue weighted by atomic mass is 16.6. The van der Waals surface area contributed by atoms with Crippen molar-refractivity contribution < 1.29 is 34.1 Å². The number of β-amino-alcohol motifs (C(OH)–C–C–N with tert-alkyl or cyclic N) is 1. The Hall–Kier alpha value is -2.61. The number of benzene rings is 1. The predicted molar refractivity (Wildman–Crippen MR) is 85.8 cm³/mol.